The lowest BCUT2D eigenvalue weighted by Gasteiger charge is -2.09. The predicted octanol–water partition coefficient (Wildman–Crippen LogP) is 3.24. The fourth-order valence-electron chi connectivity index (χ4n) is 1.94. The zero-order chi connectivity index (χ0) is 14.5. The van der Waals surface area contributed by atoms with Crippen molar-refractivity contribution < 1.29 is 9.00 Å². The van der Waals surface area contributed by atoms with Crippen molar-refractivity contribution in [2.75, 3.05) is 11.6 Å². The third-order valence-electron chi connectivity index (χ3n) is 3.09. The molecule has 0 radical (unpaired) electrons. The van der Waals surface area contributed by atoms with Gasteiger partial charge in [-0.05, 0) is 42.3 Å². The Kier molecular flexibility index (Phi) is 4.69. The molecule has 0 aliphatic heterocycles. The maximum atomic E-state index is 12.2. The Morgan fingerprint density at radius 2 is 1.75 bits per heavy atom. The van der Waals surface area contributed by atoms with Crippen molar-refractivity contribution in [3.8, 4) is 0 Å². The van der Waals surface area contributed by atoms with Crippen LogP contribution in [0, 0.1) is 0 Å². The molecular formula is C16H17NO2S. The third-order valence-corrected chi connectivity index (χ3v) is 4.03. The van der Waals surface area contributed by atoms with Crippen molar-refractivity contribution in [1.82, 2.24) is 0 Å². The summed E-state index contributed by atoms with van der Waals surface area (Å²) in [5, 5.41) is 2.91. The summed E-state index contributed by atoms with van der Waals surface area (Å²) < 4.78 is 11.3. The molecule has 0 aromatic heterocycles. The molecule has 0 aliphatic carbocycles. The van der Waals surface area contributed by atoms with E-state index in [9.17, 15) is 9.00 Å². The average molecular weight is 287 g/mol. The molecule has 0 aliphatic rings. The highest BCUT2D eigenvalue weighted by Crippen LogP contribution is 2.17. The maximum absolute atomic E-state index is 12.2. The molecule has 0 fully saturated rings. The van der Waals surface area contributed by atoms with Crippen molar-refractivity contribution in [1.29, 1.82) is 0 Å². The highest BCUT2D eigenvalue weighted by molar-refractivity contribution is 7.84. The number of carbonyl (C=O) groups is 1. The van der Waals surface area contributed by atoms with Crippen molar-refractivity contribution in [3.63, 3.8) is 0 Å². The predicted molar refractivity (Wildman–Crippen MR) is 82.5 cm³/mol. The van der Waals surface area contributed by atoms with Gasteiger partial charge in [-0.1, -0.05) is 25.1 Å². The Bertz CT molecular complexity index is 635. The van der Waals surface area contributed by atoms with E-state index in [0.29, 0.717) is 5.56 Å². The zero-order valence-corrected chi connectivity index (χ0v) is 12.4. The van der Waals surface area contributed by atoms with Gasteiger partial charge in [0.05, 0.1) is 0 Å². The number of para-hydroxylation sites is 1. The van der Waals surface area contributed by atoms with E-state index in [1.165, 1.54) is 0 Å². The molecule has 104 valence electrons. The molecule has 2 aromatic rings. The first-order valence-electron chi connectivity index (χ1n) is 6.44. The molecule has 0 spiro atoms. The fraction of sp³-hybridized carbons (Fsp3) is 0.188. The monoisotopic (exact) mass is 287 g/mol. The van der Waals surface area contributed by atoms with E-state index in [1.807, 2.05) is 24.3 Å². The van der Waals surface area contributed by atoms with Crippen LogP contribution in [0.1, 0.15) is 22.8 Å². The largest absolute Gasteiger partial charge is 0.322 e. The summed E-state index contributed by atoms with van der Waals surface area (Å²) in [5.41, 5.74) is 2.50. The number of hydrogen-bond donors (Lipinski definition) is 1. The number of nitrogens with one attached hydrogen (secondary N) is 1. The summed E-state index contributed by atoms with van der Waals surface area (Å²) in [7, 11) is -1.03. The van der Waals surface area contributed by atoms with Crippen LogP contribution in [0.2, 0.25) is 0 Å². The Hall–Kier alpha value is -1.94. The number of aryl methyl sites for hydroxylation is 1. The van der Waals surface area contributed by atoms with Gasteiger partial charge in [0.1, 0.15) is 0 Å². The van der Waals surface area contributed by atoms with Gasteiger partial charge in [0.25, 0.3) is 5.91 Å². The minimum absolute atomic E-state index is 0.153. The van der Waals surface area contributed by atoms with Crippen LogP contribution < -0.4 is 5.32 Å². The highest BCUT2D eigenvalue weighted by Gasteiger charge is 2.08. The SMILES string of the molecule is CCc1ccccc1NC(=O)c1ccc(S(C)=O)cc1. The first-order valence-corrected chi connectivity index (χ1v) is 8.00. The topological polar surface area (TPSA) is 46.2 Å². The number of hydrogen-bond acceptors (Lipinski definition) is 2. The minimum Gasteiger partial charge on any atom is -0.322 e. The second kappa shape index (κ2) is 6.48. The summed E-state index contributed by atoms with van der Waals surface area (Å²) in [4.78, 5) is 12.9. The molecule has 0 heterocycles. The van der Waals surface area contributed by atoms with Crippen LogP contribution in [0.4, 0.5) is 5.69 Å². The smallest absolute Gasteiger partial charge is 0.255 e. The molecule has 1 N–H and O–H groups in total. The Balaban J connectivity index is 2.17. The normalized spacial score (nSPS) is 11.9. The van der Waals surface area contributed by atoms with Gasteiger partial charge in [-0.3, -0.25) is 9.00 Å². The van der Waals surface area contributed by atoms with Gasteiger partial charge in [0.2, 0.25) is 0 Å². The molecule has 0 bridgehead atoms. The van der Waals surface area contributed by atoms with E-state index in [1.54, 1.807) is 30.5 Å². The second-order valence-corrected chi connectivity index (χ2v) is 5.82. The summed E-state index contributed by atoms with van der Waals surface area (Å²) in [5.74, 6) is -0.153. The van der Waals surface area contributed by atoms with Gasteiger partial charge in [-0.2, -0.15) is 0 Å². The van der Waals surface area contributed by atoms with E-state index < -0.39 is 10.8 Å². The van der Waals surface area contributed by atoms with Crippen molar-refractivity contribution in [3.05, 3.63) is 59.7 Å². The van der Waals surface area contributed by atoms with E-state index in [0.717, 1.165) is 22.6 Å². The van der Waals surface area contributed by atoms with E-state index in [4.69, 9.17) is 0 Å². The van der Waals surface area contributed by atoms with E-state index in [-0.39, 0.29) is 5.91 Å². The summed E-state index contributed by atoms with van der Waals surface area (Å²) in [6, 6.07) is 14.6. The maximum Gasteiger partial charge on any atom is 0.255 e. The molecule has 2 aromatic carbocycles. The van der Waals surface area contributed by atoms with Crippen LogP contribution >= 0.6 is 0 Å². The van der Waals surface area contributed by atoms with Crippen LogP contribution in [-0.4, -0.2) is 16.4 Å². The Morgan fingerprint density at radius 1 is 1.10 bits per heavy atom. The lowest BCUT2D eigenvalue weighted by atomic mass is 10.1. The van der Waals surface area contributed by atoms with Gasteiger partial charge in [0.15, 0.2) is 0 Å². The zero-order valence-electron chi connectivity index (χ0n) is 11.6. The number of anilines is 1. The quantitative estimate of drug-likeness (QED) is 0.938. The number of carbonyl (C=O) groups excluding carboxylic acids is 1. The first kappa shape index (κ1) is 14.5. The average Bonchev–Trinajstić information content (AvgIpc) is 2.48. The minimum atomic E-state index is -1.03. The van der Waals surface area contributed by atoms with Gasteiger partial charge in [-0.15, -0.1) is 0 Å². The molecule has 3 nitrogen and oxygen atoms in total. The standard InChI is InChI=1S/C16H17NO2S/c1-3-12-6-4-5-7-15(12)17-16(18)13-8-10-14(11-9-13)20(2)19/h4-11H,3H2,1-2H3,(H,17,18). The number of amides is 1. The molecule has 4 heteroatoms. The summed E-state index contributed by atoms with van der Waals surface area (Å²) in [6.07, 6.45) is 2.48. The second-order valence-electron chi connectivity index (χ2n) is 4.44. The van der Waals surface area contributed by atoms with Gasteiger partial charge in [0, 0.05) is 33.2 Å². The molecule has 1 unspecified atom stereocenters. The Labute approximate surface area is 121 Å². The van der Waals surface area contributed by atoms with Crippen LogP contribution in [0.25, 0.3) is 0 Å². The van der Waals surface area contributed by atoms with Gasteiger partial charge < -0.3 is 5.32 Å². The van der Waals surface area contributed by atoms with Crippen molar-refractivity contribution in [2.24, 2.45) is 0 Å². The molecule has 1 amide bonds. The van der Waals surface area contributed by atoms with E-state index in [2.05, 4.69) is 12.2 Å². The van der Waals surface area contributed by atoms with Crippen LogP contribution in [0.15, 0.2) is 53.4 Å². The molecule has 1 atom stereocenters. The molecule has 2 rings (SSSR count). The van der Waals surface area contributed by atoms with Crippen LogP contribution in [0.5, 0.6) is 0 Å². The van der Waals surface area contributed by atoms with Crippen molar-refractivity contribution >= 4 is 22.4 Å². The first-order chi connectivity index (χ1) is 9.61. The van der Waals surface area contributed by atoms with Gasteiger partial charge in [-0.25, -0.2) is 0 Å². The summed E-state index contributed by atoms with van der Waals surface area (Å²) in [6.45, 7) is 2.05. The number of rotatable bonds is 4. The van der Waals surface area contributed by atoms with Gasteiger partial charge >= 0.3 is 0 Å². The van der Waals surface area contributed by atoms with Crippen LogP contribution in [-0.2, 0) is 17.2 Å². The molecule has 0 saturated carbocycles. The highest BCUT2D eigenvalue weighted by atomic mass is 32.2. The lowest BCUT2D eigenvalue weighted by molar-refractivity contribution is 0.102. The fourth-order valence-corrected chi connectivity index (χ4v) is 2.46. The van der Waals surface area contributed by atoms with Crippen molar-refractivity contribution in [2.45, 2.75) is 18.2 Å². The lowest BCUT2D eigenvalue weighted by Crippen LogP contribution is -2.13. The number of benzene rings is 2. The molecule has 20 heavy (non-hydrogen) atoms. The Morgan fingerprint density at radius 3 is 2.35 bits per heavy atom. The van der Waals surface area contributed by atoms with Crippen LogP contribution in [0.3, 0.4) is 0 Å². The third kappa shape index (κ3) is 3.33. The van der Waals surface area contributed by atoms with E-state index >= 15 is 0 Å². The summed E-state index contributed by atoms with van der Waals surface area (Å²) >= 11 is 0. The molecule has 0 saturated heterocycles. The molecular weight excluding hydrogens is 270 g/mol.